The minimum absolute atomic E-state index is 0.524. The van der Waals surface area contributed by atoms with Gasteiger partial charge in [-0.15, -0.1) is 0 Å². The van der Waals surface area contributed by atoms with E-state index in [0.29, 0.717) is 5.95 Å². The first kappa shape index (κ1) is 22.1. The Morgan fingerprint density at radius 3 is 2.79 bits per heavy atom. The number of H-pyrrole nitrogens is 1. The Kier molecular flexibility index (Phi) is 6.81. The Hall–Kier alpha value is -3.71. The van der Waals surface area contributed by atoms with Gasteiger partial charge in [-0.1, -0.05) is 29.8 Å². The lowest BCUT2D eigenvalue weighted by Gasteiger charge is -2.14. The molecule has 0 saturated carbocycles. The minimum atomic E-state index is 0.524. The van der Waals surface area contributed by atoms with Crippen molar-refractivity contribution in [3.05, 3.63) is 72.6 Å². The largest absolute Gasteiger partial charge is 0.493 e. The maximum absolute atomic E-state index is 5.97. The van der Waals surface area contributed by atoms with Crippen LogP contribution in [0.1, 0.15) is 24.8 Å². The highest BCUT2D eigenvalue weighted by atomic mass is 16.5. The summed E-state index contributed by atoms with van der Waals surface area (Å²) in [5, 5.41) is 3.29. The van der Waals surface area contributed by atoms with Crippen molar-refractivity contribution >= 4 is 11.6 Å². The molecule has 1 saturated heterocycles. The fourth-order valence-corrected chi connectivity index (χ4v) is 4.24. The molecule has 1 aliphatic rings. The number of ether oxygens (including phenoxy) is 1. The summed E-state index contributed by atoms with van der Waals surface area (Å²) in [4.78, 5) is 19.5. The van der Waals surface area contributed by atoms with E-state index in [1.54, 1.807) is 12.4 Å². The van der Waals surface area contributed by atoms with E-state index >= 15 is 0 Å². The number of rotatable bonds is 9. The molecule has 0 radical (unpaired) electrons. The van der Waals surface area contributed by atoms with Gasteiger partial charge in [-0.25, -0.2) is 15.0 Å². The summed E-state index contributed by atoms with van der Waals surface area (Å²) in [7, 11) is 0. The Labute approximate surface area is 200 Å². The maximum Gasteiger partial charge on any atom is 0.227 e. The third kappa shape index (κ3) is 5.61. The first-order valence-electron chi connectivity index (χ1n) is 11.9. The highest BCUT2D eigenvalue weighted by molar-refractivity contribution is 5.64. The van der Waals surface area contributed by atoms with Crippen LogP contribution in [0.5, 0.6) is 5.75 Å². The van der Waals surface area contributed by atoms with Crippen molar-refractivity contribution in [2.45, 2.75) is 26.2 Å². The van der Waals surface area contributed by atoms with Crippen LogP contribution >= 0.6 is 0 Å². The molecular formula is C27H30N6O. The van der Waals surface area contributed by atoms with Gasteiger partial charge < -0.3 is 19.9 Å². The second-order valence-electron chi connectivity index (χ2n) is 8.68. The highest BCUT2D eigenvalue weighted by Crippen LogP contribution is 2.24. The van der Waals surface area contributed by atoms with E-state index in [-0.39, 0.29) is 0 Å². The highest BCUT2D eigenvalue weighted by Gasteiger charge is 2.11. The van der Waals surface area contributed by atoms with Crippen molar-refractivity contribution in [3.63, 3.8) is 0 Å². The van der Waals surface area contributed by atoms with E-state index in [2.05, 4.69) is 49.2 Å². The molecule has 4 aromatic rings. The second-order valence-corrected chi connectivity index (χ2v) is 8.68. The number of nitrogens with one attached hydrogen (secondary N) is 2. The average Bonchev–Trinajstić information content (AvgIpc) is 3.55. The number of benzene rings is 2. The summed E-state index contributed by atoms with van der Waals surface area (Å²) in [5.41, 5.74) is 4.76. The molecule has 0 atom stereocenters. The number of nitrogens with zero attached hydrogens (tertiary/aromatic N) is 4. The lowest BCUT2D eigenvalue weighted by molar-refractivity contribution is 0.263. The fraction of sp³-hybridized carbons (Fsp3) is 0.296. The van der Waals surface area contributed by atoms with Gasteiger partial charge in [-0.05, 0) is 63.5 Å². The lowest BCUT2D eigenvalue weighted by Crippen LogP contribution is -2.21. The summed E-state index contributed by atoms with van der Waals surface area (Å²) >= 11 is 0. The summed E-state index contributed by atoms with van der Waals surface area (Å²) in [6.07, 6.45) is 7.24. The molecule has 3 heterocycles. The molecule has 1 fully saturated rings. The van der Waals surface area contributed by atoms with Crippen LogP contribution in [-0.4, -0.2) is 51.1 Å². The first-order chi connectivity index (χ1) is 16.7. The van der Waals surface area contributed by atoms with Crippen molar-refractivity contribution in [1.29, 1.82) is 0 Å². The van der Waals surface area contributed by atoms with Gasteiger partial charge in [0.1, 0.15) is 11.6 Å². The van der Waals surface area contributed by atoms with Crippen LogP contribution in [0.15, 0.2) is 67.0 Å². The van der Waals surface area contributed by atoms with Crippen molar-refractivity contribution in [2.24, 2.45) is 0 Å². The van der Waals surface area contributed by atoms with Gasteiger partial charge in [0.05, 0.1) is 24.2 Å². The van der Waals surface area contributed by atoms with Crippen LogP contribution in [0.2, 0.25) is 0 Å². The molecule has 0 aliphatic carbocycles. The molecule has 34 heavy (non-hydrogen) atoms. The number of aromatic nitrogens is 4. The van der Waals surface area contributed by atoms with E-state index in [9.17, 15) is 0 Å². The second kappa shape index (κ2) is 10.5. The standard InChI is InChI=1S/C27H30N6O/c1-20-7-4-8-21(17-20)26-29-19-25(31-26)24-11-12-28-27(32-24)30-22-9-5-10-23(18-22)34-16-6-15-33-13-2-3-14-33/h4-5,7-12,17-19H,2-3,6,13-16H2,1H3,(H,29,31)(H,28,30,32). The molecule has 7 nitrogen and oxygen atoms in total. The van der Waals surface area contributed by atoms with Gasteiger partial charge in [0.25, 0.3) is 0 Å². The quantitative estimate of drug-likeness (QED) is 0.327. The number of aromatic amines is 1. The Morgan fingerprint density at radius 1 is 1.03 bits per heavy atom. The molecular weight excluding hydrogens is 424 g/mol. The number of anilines is 2. The van der Waals surface area contributed by atoms with Crippen molar-refractivity contribution < 1.29 is 4.74 Å². The predicted molar refractivity (Wildman–Crippen MR) is 135 cm³/mol. The Balaban J connectivity index is 1.22. The third-order valence-electron chi connectivity index (χ3n) is 5.98. The Morgan fingerprint density at radius 2 is 1.91 bits per heavy atom. The van der Waals surface area contributed by atoms with Gasteiger partial charge in [0.2, 0.25) is 5.95 Å². The topological polar surface area (TPSA) is 79.0 Å². The number of hydrogen-bond acceptors (Lipinski definition) is 6. The van der Waals surface area contributed by atoms with E-state index in [0.717, 1.165) is 53.8 Å². The SMILES string of the molecule is Cc1cccc(-c2ncc(-c3ccnc(Nc4cccc(OCCCN5CCCC5)c4)n3)[nH]2)c1. The first-order valence-corrected chi connectivity index (χ1v) is 11.9. The van der Waals surface area contributed by atoms with Crippen molar-refractivity contribution in [3.8, 4) is 28.5 Å². The molecule has 0 bridgehead atoms. The fourth-order valence-electron chi connectivity index (χ4n) is 4.24. The third-order valence-corrected chi connectivity index (χ3v) is 5.98. The zero-order valence-corrected chi connectivity index (χ0v) is 19.5. The van der Waals surface area contributed by atoms with Crippen LogP contribution in [0, 0.1) is 6.92 Å². The van der Waals surface area contributed by atoms with E-state index in [1.165, 1.54) is 31.5 Å². The molecule has 0 unspecified atom stereocenters. The molecule has 5 rings (SSSR count). The molecule has 0 amide bonds. The van der Waals surface area contributed by atoms with Crippen LogP contribution in [-0.2, 0) is 0 Å². The number of aryl methyl sites for hydroxylation is 1. The van der Waals surface area contributed by atoms with Crippen LogP contribution in [0.4, 0.5) is 11.6 Å². The molecule has 174 valence electrons. The zero-order chi connectivity index (χ0) is 23.2. The van der Waals surface area contributed by atoms with Crippen LogP contribution in [0.3, 0.4) is 0 Å². The lowest BCUT2D eigenvalue weighted by atomic mass is 10.1. The van der Waals surface area contributed by atoms with Crippen molar-refractivity contribution in [1.82, 2.24) is 24.8 Å². The van der Waals surface area contributed by atoms with Crippen LogP contribution < -0.4 is 10.1 Å². The molecule has 2 N–H and O–H groups in total. The molecule has 0 spiro atoms. The summed E-state index contributed by atoms with van der Waals surface area (Å²) in [5.74, 6) is 2.19. The van der Waals surface area contributed by atoms with E-state index < -0.39 is 0 Å². The van der Waals surface area contributed by atoms with Gasteiger partial charge >= 0.3 is 0 Å². The zero-order valence-electron chi connectivity index (χ0n) is 19.5. The monoisotopic (exact) mass is 454 g/mol. The molecule has 7 heteroatoms. The van der Waals surface area contributed by atoms with E-state index in [1.807, 2.05) is 42.5 Å². The summed E-state index contributed by atoms with van der Waals surface area (Å²) in [6, 6.07) is 18.1. The number of imidazole rings is 1. The normalized spacial score (nSPS) is 13.8. The van der Waals surface area contributed by atoms with Crippen molar-refractivity contribution in [2.75, 3.05) is 31.6 Å². The molecule has 2 aromatic carbocycles. The number of hydrogen-bond donors (Lipinski definition) is 2. The van der Waals surface area contributed by atoms with Gasteiger partial charge in [-0.3, -0.25) is 0 Å². The van der Waals surface area contributed by atoms with Gasteiger partial charge in [-0.2, -0.15) is 0 Å². The molecule has 1 aliphatic heterocycles. The van der Waals surface area contributed by atoms with E-state index in [4.69, 9.17) is 4.74 Å². The summed E-state index contributed by atoms with van der Waals surface area (Å²) < 4.78 is 5.97. The van der Waals surface area contributed by atoms with Crippen LogP contribution in [0.25, 0.3) is 22.8 Å². The van der Waals surface area contributed by atoms with Gasteiger partial charge in [0.15, 0.2) is 0 Å². The minimum Gasteiger partial charge on any atom is -0.493 e. The predicted octanol–water partition coefficient (Wildman–Crippen LogP) is 5.45. The van der Waals surface area contributed by atoms with Gasteiger partial charge in [0, 0.05) is 30.1 Å². The molecule has 2 aromatic heterocycles. The average molecular weight is 455 g/mol. The summed E-state index contributed by atoms with van der Waals surface area (Å²) in [6.45, 7) is 6.35. The number of likely N-dealkylation sites (tertiary alicyclic amines) is 1. The maximum atomic E-state index is 5.97. The Bertz CT molecular complexity index is 1230. The smallest absolute Gasteiger partial charge is 0.227 e.